The lowest BCUT2D eigenvalue weighted by atomic mass is 9.96. The lowest BCUT2D eigenvalue weighted by molar-refractivity contribution is -0.185. The van der Waals surface area contributed by atoms with E-state index in [0.717, 1.165) is 64.6 Å². The highest BCUT2D eigenvalue weighted by Crippen LogP contribution is 2.38. The summed E-state index contributed by atoms with van der Waals surface area (Å²) >= 11 is 0. The highest BCUT2D eigenvalue weighted by atomic mass is 19.4. The van der Waals surface area contributed by atoms with Crippen LogP contribution in [0.4, 0.5) is 19.0 Å². The van der Waals surface area contributed by atoms with Crippen molar-refractivity contribution in [2.45, 2.75) is 44.5 Å². The van der Waals surface area contributed by atoms with Gasteiger partial charge in [-0.3, -0.25) is 4.90 Å². The number of rotatable bonds is 5. The van der Waals surface area contributed by atoms with Crippen molar-refractivity contribution in [2.75, 3.05) is 31.9 Å². The monoisotopic (exact) mass is 524 g/mol. The average Bonchev–Trinajstić information content (AvgIpc) is 3.29. The Morgan fingerprint density at radius 2 is 1.71 bits per heavy atom. The highest BCUT2D eigenvalue weighted by Gasteiger charge is 2.40. The summed E-state index contributed by atoms with van der Waals surface area (Å²) in [5, 5.41) is 5.16. The fraction of sp³-hybridized carbons (Fsp3) is 0.429. The molecule has 0 radical (unpaired) electrons. The van der Waals surface area contributed by atoms with Gasteiger partial charge in [0.2, 0.25) is 0 Å². The van der Waals surface area contributed by atoms with E-state index in [4.69, 9.17) is 10.5 Å². The number of H-pyrrole nitrogens is 1. The maximum atomic E-state index is 13.0. The molecule has 1 aromatic carbocycles. The average molecular weight is 525 g/mol. The fourth-order valence-electron chi connectivity index (χ4n) is 5.59. The molecule has 10 heteroatoms. The molecule has 200 valence electrons. The topological polar surface area (TPSA) is 92.1 Å². The van der Waals surface area contributed by atoms with Crippen molar-refractivity contribution in [3.05, 3.63) is 48.3 Å². The molecule has 0 aliphatic carbocycles. The van der Waals surface area contributed by atoms with Crippen molar-refractivity contribution in [1.82, 2.24) is 25.2 Å². The van der Waals surface area contributed by atoms with E-state index in [9.17, 15) is 13.2 Å². The summed E-state index contributed by atoms with van der Waals surface area (Å²) in [7, 11) is 0. The summed E-state index contributed by atoms with van der Waals surface area (Å²) < 4.78 is 45.3. The van der Waals surface area contributed by atoms with Gasteiger partial charge in [0.25, 0.3) is 0 Å². The predicted octanol–water partition coefficient (Wildman–Crippen LogP) is 5.27. The van der Waals surface area contributed by atoms with E-state index in [2.05, 4.69) is 31.2 Å². The summed E-state index contributed by atoms with van der Waals surface area (Å²) in [4.78, 5) is 14.4. The van der Waals surface area contributed by atoms with Crippen molar-refractivity contribution in [1.29, 1.82) is 0 Å². The molecule has 38 heavy (non-hydrogen) atoms. The van der Waals surface area contributed by atoms with Crippen LogP contribution in [-0.4, -0.2) is 58.3 Å². The third-order valence-electron chi connectivity index (χ3n) is 7.79. The zero-order valence-corrected chi connectivity index (χ0v) is 21.0. The van der Waals surface area contributed by atoms with Crippen LogP contribution >= 0.6 is 0 Å². The number of hydrogen-bond acceptors (Lipinski definition) is 6. The molecule has 0 amide bonds. The van der Waals surface area contributed by atoms with Gasteiger partial charge in [0.15, 0.2) is 11.6 Å². The first kappa shape index (κ1) is 24.9. The summed E-state index contributed by atoms with van der Waals surface area (Å²) in [5.74, 6) is -0.208. The first-order valence-corrected chi connectivity index (χ1v) is 13.2. The predicted molar refractivity (Wildman–Crippen MR) is 142 cm³/mol. The number of nitrogen functional groups attached to an aromatic ring is 1. The van der Waals surface area contributed by atoms with Crippen LogP contribution in [0.1, 0.15) is 31.2 Å². The highest BCUT2D eigenvalue weighted by molar-refractivity contribution is 6.11. The van der Waals surface area contributed by atoms with Gasteiger partial charge in [-0.2, -0.15) is 13.2 Å². The Bertz CT molecular complexity index is 1420. The van der Waals surface area contributed by atoms with Crippen molar-refractivity contribution in [2.24, 2.45) is 5.92 Å². The smallest absolute Gasteiger partial charge is 0.391 e. The summed E-state index contributed by atoms with van der Waals surface area (Å²) in [6.07, 6.45) is 1.70. The van der Waals surface area contributed by atoms with Gasteiger partial charge in [0, 0.05) is 23.7 Å². The number of benzene rings is 1. The molecule has 4 aromatic rings. The Kier molecular flexibility index (Phi) is 6.61. The number of piperidine rings is 2. The van der Waals surface area contributed by atoms with Gasteiger partial charge in [-0.1, -0.05) is 24.3 Å². The number of nitrogens with zero attached hydrogens (tertiary/aromatic N) is 3. The number of pyridine rings is 2. The van der Waals surface area contributed by atoms with Crippen LogP contribution in [0, 0.1) is 5.92 Å². The Labute approximate surface area is 218 Å². The van der Waals surface area contributed by atoms with E-state index in [0.29, 0.717) is 31.2 Å². The summed E-state index contributed by atoms with van der Waals surface area (Å²) in [6.45, 7) is 3.40. The van der Waals surface area contributed by atoms with Gasteiger partial charge in [-0.15, -0.1) is 0 Å². The van der Waals surface area contributed by atoms with E-state index < -0.39 is 12.1 Å². The van der Waals surface area contributed by atoms with E-state index in [1.807, 2.05) is 30.5 Å². The number of aromatic amines is 1. The van der Waals surface area contributed by atoms with Gasteiger partial charge in [-0.05, 0) is 69.1 Å². The quantitative estimate of drug-likeness (QED) is 0.330. The molecule has 0 spiro atoms. The molecule has 2 fully saturated rings. The van der Waals surface area contributed by atoms with Crippen molar-refractivity contribution < 1.29 is 17.9 Å². The number of nitrogens with one attached hydrogen (secondary N) is 2. The van der Waals surface area contributed by atoms with Crippen molar-refractivity contribution in [3.63, 3.8) is 0 Å². The molecule has 2 saturated heterocycles. The number of hydrogen-bond donors (Lipinski definition) is 3. The van der Waals surface area contributed by atoms with Gasteiger partial charge >= 0.3 is 6.18 Å². The Morgan fingerprint density at radius 3 is 2.42 bits per heavy atom. The molecule has 0 atom stereocenters. The van der Waals surface area contributed by atoms with Crippen LogP contribution in [0.3, 0.4) is 0 Å². The largest absolute Gasteiger partial charge is 0.486 e. The minimum Gasteiger partial charge on any atom is -0.486 e. The Hall–Kier alpha value is -3.37. The van der Waals surface area contributed by atoms with E-state index in [1.54, 1.807) is 6.20 Å². The SMILES string of the molecule is Nc1ncc2[nH]c3ncc(-c4ccc(CN5CCC(C(F)(F)F)CC5)cc4)cc3c2c1OC1CCNCC1. The number of fused-ring (bicyclic) bond motifs is 3. The summed E-state index contributed by atoms with van der Waals surface area (Å²) in [6, 6.07) is 10.2. The first-order valence-electron chi connectivity index (χ1n) is 13.2. The lowest BCUT2D eigenvalue weighted by Gasteiger charge is -2.32. The number of halogens is 3. The molecule has 4 N–H and O–H groups in total. The standard InChI is InChI=1S/C28H31F3N6O/c29-28(30,31)20-7-11-37(12-8-20)16-17-1-3-18(4-2-17)19-13-22-24-23(36-27(22)35-14-19)15-34-26(32)25(24)38-21-5-9-33-10-6-21/h1-4,13-15,20-21,33H,5-12,16H2,(H2,32,34)(H,35,36). The Morgan fingerprint density at radius 1 is 0.974 bits per heavy atom. The molecule has 0 saturated carbocycles. The zero-order chi connectivity index (χ0) is 26.3. The van der Waals surface area contributed by atoms with E-state index in [-0.39, 0.29) is 18.9 Å². The molecule has 0 bridgehead atoms. The number of anilines is 1. The van der Waals surface area contributed by atoms with Crippen molar-refractivity contribution >= 4 is 27.8 Å². The normalized spacial score (nSPS) is 18.4. The van der Waals surface area contributed by atoms with Gasteiger partial charge in [-0.25, -0.2) is 9.97 Å². The number of ether oxygens (including phenoxy) is 1. The minimum absolute atomic E-state index is 0.0823. The van der Waals surface area contributed by atoms with Gasteiger partial charge in [0.1, 0.15) is 11.8 Å². The van der Waals surface area contributed by atoms with E-state index >= 15 is 0 Å². The molecule has 5 heterocycles. The zero-order valence-electron chi connectivity index (χ0n) is 21.0. The molecular formula is C28H31F3N6O. The Balaban J connectivity index is 1.23. The van der Waals surface area contributed by atoms with E-state index in [1.165, 1.54) is 0 Å². The second-order valence-corrected chi connectivity index (χ2v) is 10.4. The van der Waals surface area contributed by atoms with Crippen LogP contribution in [0.25, 0.3) is 33.1 Å². The molecular weight excluding hydrogens is 493 g/mol. The third kappa shape index (κ3) is 5.02. The summed E-state index contributed by atoms with van der Waals surface area (Å²) in [5.41, 5.74) is 10.9. The molecule has 2 aliphatic rings. The second kappa shape index (κ2) is 10.1. The molecule has 2 aliphatic heterocycles. The van der Waals surface area contributed by atoms with Crippen LogP contribution in [0.5, 0.6) is 5.75 Å². The van der Waals surface area contributed by atoms with Crippen LogP contribution < -0.4 is 15.8 Å². The molecule has 3 aromatic heterocycles. The number of nitrogens with two attached hydrogens (primary N) is 1. The molecule has 7 nitrogen and oxygen atoms in total. The van der Waals surface area contributed by atoms with Crippen molar-refractivity contribution in [3.8, 4) is 16.9 Å². The number of aromatic nitrogens is 3. The minimum atomic E-state index is -4.09. The number of likely N-dealkylation sites (tertiary alicyclic amines) is 1. The second-order valence-electron chi connectivity index (χ2n) is 10.4. The third-order valence-corrected chi connectivity index (χ3v) is 7.79. The number of alkyl halides is 3. The van der Waals surface area contributed by atoms with Gasteiger partial charge < -0.3 is 20.8 Å². The lowest BCUT2D eigenvalue weighted by Crippen LogP contribution is -2.38. The van der Waals surface area contributed by atoms with Crippen LogP contribution in [0.15, 0.2) is 42.7 Å². The maximum Gasteiger partial charge on any atom is 0.391 e. The first-order chi connectivity index (χ1) is 18.3. The molecule has 0 unspecified atom stereocenters. The van der Waals surface area contributed by atoms with Crippen LogP contribution in [-0.2, 0) is 6.54 Å². The maximum absolute atomic E-state index is 13.0. The molecule has 6 rings (SSSR count). The van der Waals surface area contributed by atoms with Gasteiger partial charge in [0.05, 0.1) is 23.0 Å². The fourth-order valence-corrected chi connectivity index (χ4v) is 5.59. The van der Waals surface area contributed by atoms with Crippen LogP contribution in [0.2, 0.25) is 0 Å².